The maximum absolute atomic E-state index is 13.7. The molecule has 2 aromatic rings. The quantitative estimate of drug-likeness (QED) is 0.650. The second kappa shape index (κ2) is 4.49. The fourth-order valence-corrected chi connectivity index (χ4v) is 1.53. The van der Waals surface area contributed by atoms with Gasteiger partial charge in [-0.1, -0.05) is 0 Å². The predicted molar refractivity (Wildman–Crippen MR) is 59.0 cm³/mol. The largest absolute Gasteiger partial charge is 0.388 e. The van der Waals surface area contributed by atoms with Gasteiger partial charge in [0.25, 0.3) is 5.69 Å². The highest BCUT2D eigenvalue weighted by atomic mass is 19.1. The normalized spacial score (nSPS) is 10.6. The van der Waals surface area contributed by atoms with Crippen LogP contribution in [0.4, 0.5) is 10.1 Å². The number of halogens is 1. The van der Waals surface area contributed by atoms with E-state index in [1.54, 1.807) is 7.05 Å². The SMILES string of the molecule is Cn1c(CO)nnc1-c1ccc([N+](=O)[O-])cc1F. The van der Waals surface area contributed by atoms with Crippen molar-refractivity contribution in [3.8, 4) is 11.4 Å². The van der Waals surface area contributed by atoms with Crippen LogP contribution in [0, 0.1) is 15.9 Å². The average Bonchev–Trinajstić information content (AvgIpc) is 2.70. The van der Waals surface area contributed by atoms with Gasteiger partial charge in [0.1, 0.15) is 12.4 Å². The number of aliphatic hydroxyl groups is 1. The van der Waals surface area contributed by atoms with Crippen LogP contribution >= 0.6 is 0 Å². The second-order valence-corrected chi connectivity index (χ2v) is 3.58. The van der Waals surface area contributed by atoms with E-state index in [4.69, 9.17) is 5.11 Å². The van der Waals surface area contributed by atoms with Crippen molar-refractivity contribution in [3.05, 3.63) is 40.0 Å². The number of hydrogen-bond donors (Lipinski definition) is 1. The molecular weight excluding hydrogens is 243 g/mol. The molecule has 0 aliphatic heterocycles. The number of non-ortho nitro benzene ring substituents is 1. The van der Waals surface area contributed by atoms with Crippen LogP contribution in [0.5, 0.6) is 0 Å². The lowest BCUT2D eigenvalue weighted by atomic mass is 10.2. The van der Waals surface area contributed by atoms with Crippen molar-refractivity contribution in [1.29, 1.82) is 0 Å². The van der Waals surface area contributed by atoms with E-state index < -0.39 is 10.7 Å². The van der Waals surface area contributed by atoms with E-state index in [2.05, 4.69) is 10.2 Å². The van der Waals surface area contributed by atoms with E-state index in [1.165, 1.54) is 16.7 Å². The molecule has 2 rings (SSSR count). The Kier molecular flexibility index (Phi) is 3.02. The topological polar surface area (TPSA) is 94.1 Å². The summed E-state index contributed by atoms with van der Waals surface area (Å²) in [5, 5.41) is 26.9. The third kappa shape index (κ3) is 1.93. The van der Waals surface area contributed by atoms with Crippen LogP contribution in [-0.2, 0) is 13.7 Å². The van der Waals surface area contributed by atoms with E-state index >= 15 is 0 Å². The molecule has 1 heterocycles. The number of benzene rings is 1. The molecule has 0 saturated carbocycles. The lowest BCUT2D eigenvalue weighted by Crippen LogP contribution is -2.00. The van der Waals surface area contributed by atoms with Gasteiger partial charge in [0.15, 0.2) is 11.6 Å². The van der Waals surface area contributed by atoms with Crippen molar-refractivity contribution in [3.63, 3.8) is 0 Å². The number of nitro benzene ring substituents is 1. The zero-order valence-electron chi connectivity index (χ0n) is 9.37. The fourth-order valence-electron chi connectivity index (χ4n) is 1.53. The van der Waals surface area contributed by atoms with E-state index in [0.29, 0.717) is 0 Å². The lowest BCUT2D eigenvalue weighted by molar-refractivity contribution is -0.385. The molecule has 1 N–H and O–H groups in total. The van der Waals surface area contributed by atoms with Crippen LogP contribution in [0.15, 0.2) is 18.2 Å². The van der Waals surface area contributed by atoms with Crippen molar-refractivity contribution in [2.24, 2.45) is 7.05 Å². The Balaban J connectivity index is 2.51. The Bertz CT molecular complexity index is 611. The maximum atomic E-state index is 13.7. The Labute approximate surface area is 101 Å². The first-order valence-electron chi connectivity index (χ1n) is 4.98. The van der Waals surface area contributed by atoms with Crippen molar-refractivity contribution in [2.45, 2.75) is 6.61 Å². The molecule has 1 aromatic carbocycles. The van der Waals surface area contributed by atoms with E-state index in [-0.39, 0.29) is 29.5 Å². The number of aromatic nitrogens is 3. The average molecular weight is 252 g/mol. The smallest absolute Gasteiger partial charge is 0.272 e. The number of rotatable bonds is 3. The summed E-state index contributed by atoms with van der Waals surface area (Å²) >= 11 is 0. The number of hydrogen-bond acceptors (Lipinski definition) is 5. The summed E-state index contributed by atoms with van der Waals surface area (Å²) in [6, 6.07) is 3.27. The first kappa shape index (κ1) is 12.1. The van der Waals surface area contributed by atoms with Crippen molar-refractivity contribution in [1.82, 2.24) is 14.8 Å². The highest BCUT2D eigenvalue weighted by Crippen LogP contribution is 2.24. The molecule has 0 amide bonds. The molecule has 0 radical (unpaired) electrons. The molecule has 0 spiro atoms. The van der Waals surface area contributed by atoms with E-state index in [1.807, 2.05) is 0 Å². The Hall–Kier alpha value is -2.35. The van der Waals surface area contributed by atoms with Gasteiger partial charge in [-0.25, -0.2) is 4.39 Å². The molecule has 18 heavy (non-hydrogen) atoms. The Morgan fingerprint density at radius 3 is 2.72 bits per heavy atom. The van der Waals surface area contributed by atoms with Gasteiger partial charge in [-0.05, 0) is 6.07 Å². The van der Waals surface area contributed by atoms with Crippen molar-refractivity contribution < 1.29 is 14.4 Å². The highest BCUT2D eigenvalue weighted by molar-refractivity contribution is 5.58. The predicted octanol–water partition coefficient (Wildman–Crippen LogP) is 1.02. The van der Waals surface area contributed by atoms with Crippen LogP contribution in [-0.4, -0.2) is 24.8 Å². The standard InChI is InChI=1S/C10H9FN4O3/c1-14-9(5-16)12-13-10(14)7-3-2-6(15(17)18)4-8(7)11/h2-4,16H,5H2,1H3. The number of aliphatic hydroxyl groups excluding tert-OH is 1. The summed E-state index contributed by atoms with van der Waals surface area (Å²) < 4.78 is 15.2. The van der Waals surface area contributed by atoms with E-state index in [0.717, 1.165) is 6.07 Å². The molecule has 1 aromatic heterocycles. The highest BCUT2D eigenvalue weighted by Gasteiger charge is 2.17. The van der Waals surface area contributed by atoms with Gasteiger partial charge in [0.05, 0.1) is 16.6 Å². The molecule has 0 unspecified atom stereocenters. The van der Waals surface area contributed by atoms with Gasteiger partial charge >= 0.3 is 0 Å². The van der Waals surface area contributed by atoms with Crippen LogP contribution in [0.1, 0.15) is 5.82 Å². The third-order valence-electron chi connectivity index (χ3n) is 2.51. The molecule has 0 saturated heterocycles. The monoisotopic (exact) mass is 252 g/mol. The summed E-state index contributed by atoms with van der Waals surface area (Å²) in [6.45, 7) is -0.321. The van der Waals surface area contributed by atoms with Gasteiger partial charge in [-0.2, -0.15) is 0 Å². The summed E-state index contributed by atoms with van der Waals surface area (Å²) in [5.74, 6) is -0.279. The summed E-state index contributed by atoms with van der Waals surface area (Å²) in [7, 11) is 1.57. The molecule has 0 atom stereocenters. The molecule has 0 bridgehead atoms. The minimum atomic E-state index is -0.760. The Morgan fingerprint density at radius 2 is 2.22 bits per heavy atom. The van der Waals surface area contributed by atoms with Gasteiger partial charge in [-0.3, -0.25) is 10.1 Å². The van der Waals surface area contributed by atoms with Crippen molar-refractivity contribution in [2.75, 3.05) is 0 Å². The summed E-state index contributed by atoms with van der Waals surface area (Å²) in [4.78, 5) is 9.81. The maximum Gasteiger partial charge on any atom is 0.272 e. The summed E-state index contributed by atoms with van der Waals surface area (Å²) in [6.07, 6.45) is 0. The molecule has 0 fully saturated rings. The van der Waals surface area contributed by atoms with Crippen LogP contribution in [0.25, 0.3) is 11.4 Å². The number of nitro groups is 1. The zero-order chi connectivity index (χ0) is 13.3. The third-order valence-corrected chi connectivity index (χ3v) is 2.51. The van der Waals surface area contributed by atoms with Gasteiger partial charge < -0.3 is 9.67 Å². The molecule has 7 nitrogen and oxygen atoms in total. The zero-order valence-corrected chi connectivity index (χ0v) is 9.37. The van der Waals surface area contributed by atoms with Crippen LogP contribution in [0.3, 0.4) is 0 Å². The minimum Gasteiger partial charge on any atom is -0.388 e. The van der Waals surface area contributed by atoms with Crippen molar-refractivity contribution >= 4 is 5.69 Å². The molecule has 0 aliphatic carbocycles. The van der Waals surface area contributed by atoms with Gasteiger partial charge in [0.2, 0.25) is 0 Å². The van der Waals surface area contributed by atoms with Crippen LogP contribution < -0.4 is 0 Å². The Morgan fingerprint density at radius 1 is 1.50 bits per heavy atom. The summed E-state index contributed by atoms with van der Waals surface area (Å²) in [5.41, 5.74) is -0.240. The van der Waals surface area contributed by atoms with Crippen LogP contribution in [0.2, 0.25) is 0 Å². The number of nitrogens with zero attached hydrogens (tertiary/aromatic N) is 4. The minimum absolute atomic E-state index is 0.0929. The van der Waals surface area contributed by atoms with E-state index in [9.17, 15) is 14.5 Å². The molecule has 94 valence electrons. The van der Waals surface area contributed by atoms with Gasteiger partial charge in [-0.15, -0.1) is 10.2 Å². The van der Waals surface area contributed by atoms with Gasteiger partial charge in [0, 0.05) is 13.1 Å². The first-order chi connectivity index (χ1) is 8.54. The fraction of sp³-hybridized carbons (Fsp3) is 0.200. The molecule has 0 aliphatic rings. The lowest BCUT2D eigenvalue weighted by Gasteiger charge is -2.03. The molecule has 8 heteroatoms. The second-order valence-electron chi connectivity index (χ2n) is 3.58. The molecular formula is C10H9FN4O3. The first-order valence-corrected chi connectivity index (χ1v) is 4.98.